The minimum Gasteiger partial charge on any atom is -0.299 e. The van der Waals surface area contributed by atoms with Crippen molar-refractivity contribution in [1.29, 1.82) is 0 Å². The Kier molecular flexibility index (Phi) is 1.86. The van der Waals surface area contributed by atoms with E-state index < -0.39 is 0 Å². The number of rotatable bonds is 1. The van der Waals surface area contributed by atoms with Crippen molar-refractivity contribution in [3.8, 4) is 0 Å². The summed E-state index contributed by atoms with van der Waals surface area (Å²) in [7, 11) is 0. The molecule has 0 atom stereocenters. The predicted molar refractivity (Wildman–Crippen MR) is 41.6 cm³/mol. The van der Waals surface area contributed by atoms with E-state index in [1.165, 1.54) is 0 Å². The Balaban J connectivity index is 2.71. The van der Waals surface area contributed by atoms with Crippen LogP contribution in [0.5, 0.6) is 0 Å². The maximum atomic E-state index is 10.8. The Morgan fingerprint density at radius 2 is 2.00 bits per heavy atom. The van der Waals surface area contributed by atoms with Crippen LogP contribution in [0.3, 0.4) is 0 Å². The molecule has 52 valence electrons. The lowest BCUT2D eigenvalue weighted by Gasteiger charge is -2.06. The van der Waals surface area contributed by atoms with Crippen molar-refractivity contribution in [2.75, 3.05) is 0 Å². The number of carbonyl (C=O) groups is 1. The van der Waals surface area contributed by atoms with Crippen molar-refractivity contribution in [2.24, 2.45) is 5.92 Å². The molecule has 0 bridgehead atoms. The van der Waals surface area contributed by atoms with E-state index in [-0.39, 0.29) is 11.7 Å². The summed E-state index contributed by atoms with van der Waals surface area (Å²) in [6.45, 7) is 5.31. The molecule has 10 heavy (non-hydrogen) atoms. The van der Waals surface area contributed by atoms with Crippen molar-refractivity contribution in [3.63, 3.8) is 0 Å². The number of allylic oxidation sites excluding steroid dienone is 5. The summed E-state index contributed by atoms with van der Waals surface area (Å²) in [6.07, 6.45) is 7.47. The van der Waals surface area contributed by atoms with E-state index in [0.717, 1.165) is 5.57 Å². The largest absolute Gasteiger partial charge is 0.299 e. The van der Waals surface area contributed by atoms with Gasteiger partial charge in [-0.15, -0.1) is 0 Å². The van der Waals surface area contributed by atoms with Gasteiger partial charge < -0.3 is 0 Å². The molecule has 0 aromatic rings. The van der Waals surface area contributed by atoms with Crippen LogP contribution in [-0.2, 0) is 4.79 Å². The molecule has 0 amide bonds. The highest BCUT2D eigenvalue weighted by Crippen LogP contribution is 2.12. The van der Waals surface area contributed by atoms with Gasteiger partial charge in [0.2, 0.25) is 0 Å². The van der Waals surface area contributed by atoms with Crippen molar-refractivity contribution >= 4 is 5.78 Å². The number of ketones is 1. The van der Waals surface area contributed by atoms with Gasteiger partial charge in [0, 0.05) is 0 Å². The maximum absolute atomic E-state index is 10.8. The summed E-state index contributed by atoms with van der Waals surface area (Å²) in [5.74, 6) is 0.158. The zero-order chi connectivity index (χ0) is 7.56. The lowest BCUT2D eigenvalue weighted by molar-refractivity contribution is -0.118. The first-order chi connectivity index (χ1) is 4.70. The smallest absolute Gasteiger partial charge is 0.140 e. The standard InChI is InChI=1S/C9H10O/c1-7-3-5-9(6-4-7)8(2)10/h3-6,9H,1H2,2H3. The van der Waals surface area contributed by atoms with Crippen LogP contribution in [0.15, 0.2) is 36.5 Å². The van der Waals surface area contributed by atoms with E-state index in [1.54, 1.807) is 6.92 Å². The van der Waals surface area contributed by atoms with Crippen LogP contribution in [-0.4, -0.2) is 5.78 Å². The van der Waals surface area contributed by atoms with Crippen LogP contribution < -0.4 is 0 Å². The second-order valence-electron chi connectivity index (χ2n) is 2.43. The molecular formula is C9H10O. The topological polar surface area (TPSA) is 17.1 Å². The molecule has 0 N–H and O–H groups in total. The number of hydrogen-bond donors (Lipinski definition) is 0. The lowest BCUT2D eigenvalue weighted by atomic mass is 9.98. The first kappa shape index (κ1) is 7.00. The highest BCUT2D eigenvalue weighted by molar-refractivity contribution is 5.82. The molecule has 0 radical (unpaired) electrons. The van der Waals surface area contributed by atoms with Crippen LogP contribution >= 0.6 is 0 Å². The zero-order valence-electron chi connectivity index (χ0n) is 6.00. The molecule has 0 saturated carbocycles. The molecule has 1 heteroatoms. The van der Waals surface area contributed by atoms with Crippen LogP contribution in [0.1, 0.15) is 6.92 Å². The average molecular weight is 134 g/mol. The fraction of sp³-hybridized carbons (Fsp3) is 0.222. The Morgan fingerprint density at radius 3 is 2.40 bits per heavy atom. The quantitative estimate of drug-likeness (QED) is 0.535. The molecule has 0 aromatic carbocycles. The van der Waals surface area contributed by atoms with Gasteiger partial charge in [0.25, 0.3) is 0 Å². The summed E-state index contributed by atoms with van der Waals surface area (Å²) >= 11 is 0. The Morgan fingerprint density at radius 1 is 1.50 bits per heavy atom. The van der Waals surface area contributed by atoms with Gasteiger partial charge in [-0.25, -0.2) is 0 Å². The summed E-state index contributed by atoms with van der Waals surface area (Å²) in [6, 6.07) is 0. The molecule has 0 aliphatic heterocycles. The van der Waals surface area contributed by atoms with E-state index >= 15 is 0 Å². The second kappa shape index (κ2) is 2.65. The zero-order valence-corrected chi connectivity index (χ0v) is 6.00. The van der Waals surface area contributed by atoms with E-state index in [0.29, 0.717) is 0 Å². The van der Waals surface area contributed by atoms with Crippen molar-refractivity contribution in [3.05, 3.63) is 36.5 Å². The summed E-state index contributed by atoms with van der Waals surface area (Å²) in [4.78, 5) is 10.8. The summed E-state index contributed by atoms with van der Waals surface area (Å²) in [5.41, 5.74) is 0.956. The normalized spacial score (nSPS) is 17.9. The third-order valence-corrected chi connectivity index (χ3v) is 1.50. The Bertz CT molecular complexity index is 205. The fourth-order valence-electron chi connectivity index (χ4n) is 0.845. The highest BCUT2D eigenvalue weighted by atomic mass is 16.1. The van der Waals surface area contributed by atoms with Crippen LogP contribution in [0.25, 0.3) is 0 Å². The maximum Gasteiger partial charge on any atom is 0.140 e. The Hall–Kier alpha value is -1.11. The van der Waals surface area contributed by atoms with Gasteiger partial charge in [-0.2, -0.15) is 0 Å². The van der Waals surface area contributed by atoms with Gasteiger partial charge in [-0.1, -0.05) is 30.9 Å². The van der Waals surface area contributed by atoms with Crippen LogP contribution in [0.2, 0.25) is 0 Å². The van der Waals surface area contributed by atoms with Gasteiger partial charge in [0.05, 0.1) is 5.92 Å². The monoisotopic (exact) mass is 134 g/mol. The van der Waals surface area contributed by atoms with Gasteiger partial charge in [-0.3, -0.25) is 4.79 Å². The number of carbonyl (C=O) groups excluding carboxylic acids is 1. The second-order valence-corrected chi connectivity index (χ2v) is 2.43. The SMILES string of the molecule is C=C1C=CC(C(C)=O)C=C1. The molecular weight excluding hydrogens is 124 g/mol. The molecule has 1 aliphatic rings. The van der Waals surface area contributed by atoms with Gasteiger partial charge in [-0.05, 0) is 12.5 Å². The lowest BCUT2D eigenvalue weighted by Crippen LogP contribution is -2.06. The third-order valence-electron chi connectivity index (χ3n) is 1.50. The van der Waals surface area contributed by atoms with E-state index in [9.17, 15) is 4.79 Å². The fourth-order valence-corrected chi connectivity index (χ4v) is 0.845. The minimum atomic E-state index is -0.0227. The van der Waals surface area contributed by atoms with Crippen LogP contribution in [0, 0.1) is 5.92 Å². The van der Waals surface area contributed by atoms with Crippen molar-refractivity contribution in [1.82, 2.24) is 0 Å². The van der Waals surface area contributed by atoms with E-state index in [4.69, 9.17) is 0 Å². The molecule has 0 saturated heterocycles. The first-order valence-corrected chi connectivity index (χ1v) is 3.26. The van der Waals surface area contributed by atoms with Gasteiger partial charge in [0.1, 0.15) is 5.78 Å². The number of Topliss-reactive ketones (excluding diaryl/α,β-unsaturated/α-hetero) is 1. The summed E-state index contributed by atoms with van der Waals surface area (Å²) < 4.78 is 0. The first-order valence-electron chi connectivity index (χ1n) is 3.26. The number of hydrogen-bond acceptors (Lipinski definition) is 1. The third kappa shape index (κ3) is 1.44. The molecule has 1 aliphatic carbocycles. The van der Waals surface area contributed by atoms with Crippen molar-refractivity contribution in [2.45, 2.75) is 6.92 Å². The van der Waals surface area contributed by atoms with Gasteiger partial charge >= 0.3 is 0 Å². The molecule has 0 fully saturated rings. The molecule has 0 heterocycles. The molecule has 0 unspecified atom stereocenters. The van der Waals surface area contributed by atoms with Gasteiger partial charge in [0.15, 0.2) is 0 Å². The molecule has 0 aromatic heterocycles. The predicted octanol–water partition coefficient (Wildman–Crippen LogP) is 1.87. The summed E-state index contributed by atoms with van der Waals surface area (Å²) in [5, 5.41) is 0. The van der Waals surface area contributed by atoms with Crippen LogP contribution in [0.4, 0.5) is 0 Å². The van der Waals surface area contributed by atoms with E-state index in [1.807, 2.05) is 24.3 Å². The Labute approximate surface area is 60.7 Å². The minimum absolute atomic E-state index is 0.0227. The molecule has 0 spiro atoms. The molecule has 1 nitrogen and oxygen atoms in total. The molecule has 1 rings (SSSR count). The average Bonchev–Trinajstić information content (AvgIpc) is 1.88. The van der Waals surface area contributed by atoms with E-state index in [2.05, 4.69) is 6.58 Å². The highest BCUT2D eigenvalue weighted by Gasteiger charge is 2.07. The van der Waals surface area contributed by atoms with Crippen molar-refractivity contribution < 1.29 is 4.79 Å².